The third kappa shape index (κ3) is 2.15. The average Bonchev–Trinajstić information content (AvgIpc) is 3.00. The van der Waals surface area contributed by atoms with Crippen molar-refractivity contribution in [2.75, 3.05) is 0 Å². The van der Waals surface area contributed by atoms with Crippen LogP contribution in [0.3, 0.4) is 0 Å². The van der Waals surface area contributed by atoms with Crippen LogP contribution in [0, 0.1) is 23.7 Å². The first kappa shape index (κ1) is 13.0. The third-order valence-corrected chi connectivity index (χ3v) is 4.49. The number of rotatable bonds is 3. The van der Waals surface area contributed by atoms with E-state index in [2.05, 4.69) is 10.3 Å². The molecule has 0 spiro atoms. The van der Waals surface area contributed by atoms with Crippen molar-refractivity contribution in [1.29, 1.82) is 0 Å². The van der Waals surface area contributed by atoms with Gasteiger partial charge in [0.25, 0.3) is 5.91 Å². The monoisotopic (exact) mass is 278 g/mol. The lowest BCUT2D eigenvalue weighted by Gasteiger charge is -2.28. The van der Waals surface area contributed by atoms with E-state index < -0.39 is 17.8 Å². The van der Waals surface area contributed by atoms with E-state index >= 15 is 0 Å². The Bertz CT molecular complexity index is 546. The molecule has 1 aromatic heterocycles. The number of amides is 1. The molecular formula is C14H15FN2O3. The summed E-state index contributed by atoms with van der Waals surface area (Å²) in [5.74, 6) is -2.00. The van der Waals surface area contributed by atoms with Crippen LogP contribution >= 0.6 is 0 Å². The van der Waals surface area contributed by atoms with Gasteiger partial charge in [0.1, 0.15) is 0 Å². The molecule has 20 heavy (non-hydrogen) atoms. The molecule has 0 aliphatic heterocycles. The Balaban J connectivity index is 1.75. The van der Waals surface area contributed by atoms with Crippen molar-refractivity contribution in [2.24, 2.45) is 17.8 Å². The molecule has 2 fully saturated rings. The first-order valence-corrected chi connectivity index (χ1v) is 6.71. The Labute approximate surface area is 115 Å². The number of halogens is 1. The summed E-state index contributed by atoms with van der Waals surface area (Å²) in [6.07, 6.45) is 3.91. The zero-order valence-electron chi connectivity index (χ0n) is 10.8. The number of nitrogens with zero attached hydrogens (tertiary/aromatic N) is 1. The number of carbonyl (C=O) groups excluding carboxylic acids is 1. The summed E-state index contributed by atoms with van der Waals surface area (Å²) in [4.78, 5) is 26.9. The van der Waals surface area contributed by atoms with Crippen LogP contribution in [0.2, 0.25) is 0 Å². The molecule has 5 nitrogen and oxygen atoms in total. The van der Waals surface area contributed by atoms with E-state index in [1.807, 2.05) is 0 Å². The first-order chi connectivity index (χ1) is 9.56. The molecule has 0 radical (unpaired) electrons. The van der Waals surface area contributed by atoms with Crippen LogP contribution in [0.4, 0.5) is 4.39 Å². The highest BCUT2D eigenvalue weighted by Gasteiger charge is 2.51. The maximum Gasteiger partial charge on any atom is 0.308 e. The minimum Gasteiger partial charge on any atom is -0.481 e. The number of carboxylic acids is 1. The minimum absolute atomic E-state index is 0.161. The van der Waals surface area contributed by atoms with Crippen molar-refractivity contribution in [3.63, 3.8) is 0 Å². The number of fused-ring (bicyclic) bond motifs is 2. The molecule has 2 aliphatic carbocycles. The fraction of sp³-hybridized carbons (Fsp3) is 0.500. The predicted molar refractivity (Wildman–Crippen MR) is 67.4 cm³/mol. The number of nitrogens with one attached hydrogen (secondary N) is 1. The molecule has 0 saturated heterocycles. The lowest BCUT2D eigenvalue weighted by molar-refractivity contribution is -0.144. The summed E-state index contributed by atoms with van der Waals surface area (Å²) in [7, 11) is 0. The van der Waals surface area contributed by atoms with E-state index in [-0.39, 0.29) is 29.3 Å². The van der Waals surface area contributed by atoms with E-state index in [0.717, 1.165) is 31.5 Å². The van der Waals surface area contributed by atoms with Gasteiger partial charge in [0.05, 0.1) is 11.5 Å². The molecule has 2 saturated carbocycles. The average molecular weight is 278 g/mol. The SMILES string of the molecule is O=C(NC1C2CCC(C2)C1C(=O)O)c1ccc(F)nc1. The quantitative estimate of drug-likeness (QED) is 0.820. The number of carbonyl (C=O) groups is 2. The van der Waals surface area contributed by atoms with E-state index in [9.17, 15) is 19.1 Å². The Morgan fingerprint density at radius 3 is 2.70 bits per heavy atom. The zero-order valence-corrected chi connectivity index (χ0v) is 10.8. The van der Waals surface area contributed by atoms with Gasteiger partial charge in [-0.3, -0.25) is 9.59 Å². The molecule has 4 unspecified atom stereocenters. The fourth-order valence-corrected chi connectivity index (χ4v) is 3.60. The molecular weight excluding hydrogens is 263 g/mol. The first-order valence-electron chi connectivity index (χ1n) is 6.71. The van der Waals surface area contributed by atoms with Crippen LogP contribution in [0.15, 0.2) is 18.3 Å². The van der Waals surface area contributed by atoms with Gasteiger partial charge < -0.3 is 10.4 Å². The van der Waals surface area contributed by atoms with Crippen molar-refractivity contribution in [3.8, 4) is 0 Å². The largest absolute Gasteiger partial charge is 0.481 e. The van der Waals surface area contributed by atoms with Crippen molar-refractivity contribution in [2.45, 2.75) is 25.3 Å². The fourth-order valence-electron chi connectivity index (χ4n) is 3.60. The lowest BCUT2D eigenvalue weighted by atomic mass is 9.84. The normalized spacial score (nSPS) is 31.2. The number of hydrogen-bond acceptors (Lipinski definition) is 3. The minimum atomic E-state index is -0.847. The second-order valence-electron chi connectivity index (χ2n) is 5.57. The molecule has 106 valence electrons. The van der Waals surface area contributed by atoms with Gasteiger partial charge in [-0.05, 0) is 43.2 Å². The van der Waals surface area contributed by atoms with Gasteiger partial charge in [-0.15, -0.1) is 0 Å². The second kappa shape index (κ2) is 4.85. The van der Waals surface area contributed by atoms with Crippen LogP contribution in [0.5, 0.6) is 0 Å². The molecule has 6 heteroatoms. The van der Waals surface area contributed by atoms with E-state index in [1.165, 1.54) is 6.07 Å². The summed E-state index contributed by atoms with van der Waals surface area (Å²) >= 11 is 0. The maximum atomic E-state index is 12.7. The van der Waals surface area contributed by atoms with E-state index in [1.54, 1.807) is 0 Å². The highest BCUT2D eigenvalue weighted by Crippen LogP contribution is 2.48. The number of aromatic nitrogens is 1. The van der Waals surface area contributed by atoms with Crippen LogP contribution in [-0.4, -0.2) is 28.0 Å². The standard InChI is InChI=1S/C14H15FN2O3/c15-10-4-3-9(6-16-10)13(18)17-12-8-2-1-7(5-8)11(12)14(19)20/h3-4,6-8,11-12H,1-2,5H2,(H,17,18)(H,19,20). The molecule has 2 N–H and O–H groups in total. The van der Waals surface area contributed by atoms with Crippen molar-refractivity contribution in [3.05, 3.63) is 29.8 Å². The number of aliphatic carboxylic acids is 1. The third-order valence-electron chi connectivity index (χ3n) is 4.49. The molecule has 1 amide bonds. The highest BCUT2D eigenvalue weighted by atomic mass is 19.1. The Morgan fingerprint density at radius 1 is 1.30 bits per heavy atom. The van der Waals surface area contributed by atoms with Gasteiger partial charge in [0, 0.05) is 12.2 Å². The maximum absolute atomic E-state index is 12.7. The summed E-state index contributed by atoms with van der Waals surface area (Å²) in [5.41, 5.74) is 0.248. The van der Waals surface area contributed by atoms with Crippen molar-refractivity contribution >= 4 is 11.9 Å². The van der Waals surface area contributed by atoms with Gasteiger partial charge in [0.15, 0.2) is 0 Å². The second-order valence-corrected chi connectivity index (χ2v) is 5.57. The molecule has 2 aliphatic rings. The van der Waals surface area contributed by atoms with Crippen LogP contribution < -0.4 is 5.32 Å². The van der Waals surface area contributed by atoms with Gasteiger partial charge >= 0.3 is 5.97 Å². The lowest BCUT2D eigenvalue weighted by Crippen LogP contribution is -2.46. The summed E-state index contributed by atoms with van der Waals surface area (Å²) in [6, 6.07) is 2.13. The van der Waals surface area contributed by atoms with Crippen LogP contribution in [-0.2, 0) is 4.79 Å². The Morgan fingerprint density at radius 2 is 2.05 bits per heavy atom. The molecule has 3 rings (SSSR count). The summed E-state index contributed by atoms with van der Waals surface area (Å²) in [5, 5.41) is 12.1. The van der Waals surface area contributed by atoms with Gasteiger partial charge in [-0.2, -0.15) is 4.39 Å². The van der Waals surface area contributed by atoms with Gasteiger partial charge in [0.2, 0.25) is 5.95 Å². The van der Waals surface area contributed by atoms with Crippen molar-refractivity contribution in [1.82, 2.24) is 10.3 Å². The summed E-state index contributed by atoms with van der Waals surface area (Å²) in [6.45, 7) is 0. The number of carboxylic acid groups (broad SMARTS) is 1. The molecule has 1 heterocycles. The molecule has 1 aromatic rings. The van der Waals surface area contributed by atoms with Gasteiger partial charge in [-0.1, -0.05) is 0 Å². The number of hydrogen-bond donors (Lipinski definition) is 2. The Hall–Kier alpha value is -1.98. The number of pyridine rings is 1. The molecule has 2 bridgehead atoms. The zero-order chi connectivity index (χ0) is 14.3. The van der Waals surface area contributed by atoms with Crippen LogP contribution in [0.25, 0.3) is 0 Å². The van der Waals surface area contributed by atoms with E-state index in [4.69, 9.17) is 0 Å². The van der Waals surface area contributed by atoms with Gasteiger partial charge in [-0.25, -0.2) is 4.98 Å². The molecule has 0 aromatic carbocycles. The van der Waals surface area contributed by atoms with Crippen molar-refractivity contribution < 1.29 is 19.1 Å². The van der Waals surface area contributed by atoms with E-state index in [0.29, 0.717) is 0 Å². The topological polar surface area (TPSA) is 79.3 Å². The van der Waals surface area contributed by atoms with Crippen LogP contribution in [0.1, 0.15) is 29.6 Å². The summed E-state index contributed by atoms with van der Waals surface area (Å²) < 4.78 is 12.7. The highest BCUT2D eigenvalue weighted by molar-refractivity contribution is 5.94. The predicted octanol–water partition coefficient (Wildman–Crippen LogP) is 1.45. The Kier molecular flexibility index (Phi) is 3.16. The smallest absolute Gasteiger partial charge is 0.308 e. The molecule has 4 atom stereocenters.